The van der Waals surface area contributed by atoms with Crippen LogP contribution in [0.3, 0.4) is 0 Å². The van der Waals surface area contributed by atoms with Gasteiger partial charge in [0.15, 0.2) is 0 Å². The summed E-state index contributed by atoms with van der Waals surface area (Å²) in [6.07, 6.45) is 5.25. The molecule has 1 unspecified atom stereocenters. The Morgan fingerprint density at radius 1 is 1.30 bits per heavy atom. The molecule has 7 heteroatoms. The largest absolute Gasteiger partial charge is 0.481 e. The molecule has 142 valence electrons. The van der Waals surface area contributed by atoms with Crippen LogP contribution in [0.15, 0.2) is 24.4 Å². The number of carbonyl (C=O) groups is 2. The first kappa shape index (κ1) is 18.0. The Morgan fingerprint density at radius 2 is 2.07 bits per heavy atom. The van der Waals surface area contributed by atoms with Gasteiger partial charge in [-0.15, -0.1) is 0 Å². The first-order valence-electron chi connectivity index (χ1n) is 9.33. The summed E-state index contributed by atoms with van der Waals surface area (Å²) in [6.45, 7) is 2.55. The zero-order chi connectivity index (χ0) is 19.1. The molecule has 1 saturated heterocycles. The Kier molecular flexibility index (Phi) is 4.68. The Labute approximate surface area is 162 Å². The van der Waals surface area contributed by atoms with Gasteiger partial charge < -0.3 is 10.0 Å². The van der Waals surface area contributed by atoms with Gasteiger partial charge in [0.1, 0.15) is 0 Å². The second kappa shape index (κ2) is 7.00. The maximum atomic E-state index is 13.2. The summed E-state index contributed by atoms with van der Waals surface area (Å²) in [5, 5.41) is 14.3. The van der Waals surface area contributed by atoms with E-state index in [1.165, 1.54) is 0 Å². The molecule has 2 aromatic rings. The number of hydrogen-bond acceptors (Lipinski definition) is 3. The first-order chi connectivity index (χ1) is 13.0. The topological polar surface area (TPSA) is 75.4 Å². The van der Waals surface area contributed by atoms with Gasteiger partial charge in [-0.3, -0.25) is 9.59 Å². The normalized spacial score (nSPS) is 19.5. The van der Waals surface area contributed by atoms with E-state index in [0.717, 1.165) is 42.6 Å². The van der Waals surface area contributed by atoms with Crippen molar-refractivity contribution in [1.29, 1.82) is 0 Å². The summed E-state index contributed by atoms with van der Waals surface area (Å²) >= 11 is 6.28. The molecular formula is C20H22ClN3O3. The van der Waals surface area contributed by atoms with Crippen molar-refractivity contribution in [3.63, 3.8) is 0 Å². The Balaban J connectivity index is 1.69. The lowest BCUT2D eigenvalue weighted by atomic mass is 10.1. The van der Waals surface area contributed by atoms with Gasteiger partial charge in [-0.2, -0.15) is 5.10 Å². The van der Waals surface area contributed by atoms with Gasteiger partial charge in [0.05, 0.1) is 29.6 Å². The standard InChI is InChI=1S/C20H22ClN3O3/c1-12-4-7-15(9-17(12)21)24-19(13-5-6-13)16(11-22-24)20(27)23-8-2-3-14(23)10-18(25)26/h4,7,9,11,13-14H,2-3,5-6,8,10H2,1H3,(H,25,26). The number of aromatic nitrogens is 2. The first-order valence-corrected chi connectivity index (χ1v) is 9.70. The number of carbonyl (C=O) groups excluding carboxylic acids is 1. The number of hydrogen-bond donors (Lipinski definition) is 1. The van der Waals surface area contributed by atoms with Crippen molar-refractivity contribution in [2.24, 2.45) is 0 Å². The van der Waals surface area contributed by atoms with Crippen molar-refractivity contribution in [3.8, 4) is 5.69 Å². The molecule has 1 aliphatic carbocycles. The SMILES string of the molecule is Cc1ccc(-n2ncc(C(=O)N3CCCC3CC(=O)O)c2C2CC2)cc1Cl. The molecule has 2 heterocycles. The molecule has 6 nitrogen and oxygen atoms in total. The van der Waals surface area contributed by atoms with E-state index in [0.29, 0.717) is 23.0 Å². The van der Waals surface area contributed by atoms with E-state index in [1.807, 2.05) is 29.8 Å². The summed E-state index contributed by atoms with van der Waals surface area (Å²) in [5.41, 5.74) is 3.34. The molecule has 1 aromatic heterocycles. The molecule has 2 fully saturated rings. The predicted molar refractivity (Wildman–Crippen MR) is 102 cm³/mol. The molecule has 1 saturated carbocycles. The second-order valence-corrected chi connectivity index (χ2v) is 7.86. The third-order valence-electron chi connectivity index (χ3n) is 5.45. The molecule has 1 aromatic carbocycles. The van der Waals surface area contributed by atoms with Crippen molar-refractivity contribution in [1.82, 2.24) is 14.7 Å². The monoisotopic (exact) mass is 387 g/mol. The van der Waals surface area contributed by atoms with E-state index in [4.69, 9.17) is 16.7 Å². The fourth-order valence-electron chi connectivity index (χ4n) is 3.86. The molecule has 2 aliphatic rings. The van der Waals surface area contributed by atoms with Gasteiger partial charge in [0, 0.05) is 23.5 Å². The second-order valence-electron chi connectivity index (χ2n) is 7.46. The van der Waals surface area contributed by atoms with Crippen LogP contribution in [-0.4, -0.2) is 44.3 Å². The van der Waals surface area contributed by atoms with Crippen molar-refractivity contribution in [3.05, 3.63) is 46.2 Å². The number of nitrogens with zero attached hydrogens (tertiary/aromatic N) is 3. The van der Waals surface area contributed by atoms with Gasteiger partial charge in [0.2, 0.25) is 0 Å². The van der Waals surface area contributed by atoms with Crippen LogP contribution in [0.25, 0.3) is 5.69 Å². The predicted octanol–water partition coefficient (Wildman–Crippen LogP) is 3.79. The van der Waals surface area contributed by atoms with Crippen LogP contribution >= 0.6 is 11.6 Å². The Morgan fingerprint density at radius 3 is 2.74 bits per heavy atom. The molecule has 0 spiro atoms. The van der Waals surface area contributed by atoms with E-state index >= 15 is 0 Å². The highest BCUT2D eigenvalue weighted by Crippen LogP contribution is 2.43. The molecule has 1 amide bonds. The summed E-state index contributed by atoms with van der Waals surface area (Å²) in [4.78, 5) is 26.0. The van der Waals surface area contributed by atoms with Crippen molar-refractivity contribution in [2.75, 3.05) is 6.54 Å². The van der Waals surface area contributed by atoms with Crippen LogP contribution in [-0.2, 0) is 4.79 Å². The van der Waals surface area contributed by atoms with Crippen LogP contribution < -0.4 is 0 Å². The summed E-state index contributed by atoms with van der Waals surface area (Å²) < 4.78 is 1.82. The number of amides is 1. The van der Waals surface area contributed by atoms with Crippen LogP contribution in [0.5, 0.6) is 0 Å². The van der Waals surface area contributed by atoms with E-state index in [-0.39, 0.29) is 18.4 Å². The minimum atomic E-state index is -0.868. The molecule has 1 atom stereocenters. The maximum Gasteiger partial charge on any atom is 0.305 e. The number of benzene rings is 1. The fourth-order valence-corrected chi connectivity index (χ4v) is 4.04. The van der Waals surface area contributed by atoms with Gasteiger partial charge in [0.25, 0.3) is 5.91 Å². The van der Waals surface area contributed by atoms with Crippen molar-refractivity contribution in [2.45, 2.75) is 51.0 Å². The van der Waals surface area contributed by atoms with Gasteiger partial charge in [-0.25, -0.2) is 4.68 Å². The lowest BCUT2D eigenvalue weighted by Crippen LogP contribution is -2.37. The third kappa shape index (κ3) is 3.46. The van der Waals surface area contributed by atoms with Crippen LogP contribution in [0.2, 0.25) is 5.02 Å². The minimum absolute atomic E-state index is 0.00773. The van der Waals surface area contributed by atoms with Crippen LogP contribution in [0.4, 0.5) is 0 Å². The van der Waals surface area contributed by atoms with Gasteiger partial charge in [-0.1, -0.05) is 17.7 Å². The zero-order valence-electron chi connectivity index (χ0n) is 15.2. The smallest absolute Gasteiger partial charge is 0.305 e. The van der Waals surface area contributed by atoms with E-state index in [2.05, 4.69) is 5.10 Å². The highest BCUT2D eigenvalue weighted by atomic mass is 35.5. The van der Waals surface area contributed by atoms with Crippen LogP contribution in [0.1, 0.15) is 59.6 Å². The number of carboxylic acids is 1. The number of rotatable bonds is 5. The molecule has 4 rings (SSSR count). The number of halogens is 1. The Bertz CT molecular complexity index is 904. The summed E-state index contributed by atoms with van der Waals surface area (Å²) in [6, 6.07) is 5.53. The lowest BCUT2D eigenvalue weighted by Gasteiger charge is -2.23. The molecule has 0 radical (unpaired) electrons. The van der Waals surface area contributed by atoms with E-state index in [1.54, 1.807) is 11.1 Å². The number of aryl methyl sites for hydroxylation is 1. The van der Waals surface area contributed by atoms with Gasteiger partial charge in [-0.05, 0) is 50.3 Å². The van der Waals surface area contributed by atoms with E-state index in [9.17, 15) is 9.59 Å². The fraction of sp³-hybridized carbons (Fsp3) is 0.450. The quantitative estimate of drug-likeness (QED) is 0.846. The van der Waals surface area contributed by atoms with Gasteiger partial charge >= 0.3 is 5.97 Å². The number of likely N-dealkylation sites (tertiary alicyclic amines) is 1. The highest BCUT2D eigenvalue weighted by molar-refractivity contribution is 6.31. The average Bonchev–Trinajstić information content (AvgIpc) is 3.20. The molecule has 1 N–H and O–H groups in total. The van der Waals surface area contributed by atoms with Crippen molar-refractivity contribution >= 4 is 23.5 Å². The minimum Gasteiger partial charge on any atom is -0.481 e. The lowest BCUT2D eigenvalue weighted by molar-refractivity contribution is -0.137. The maximum absolute atomic E-state index is 13.2. The van der Waals surface area contributed by atoms with Crippen LogP contribution in [0, 0.1) is 6.92 Å². The number of carboxylic acid groups (broad SMARTS) is 1. The molecule has 27 heavy (non-hydrogen) atoms. The highest BCUT2D eigenvalue weighted by Gasteiger charge is 2.37. The average molecular weight is 388 g/mol. The zero-order valence-corrected chi connectivity index (χ0v) is 15.9. The summed E-state index contributed by atoms with van der Waals surface area (Å²) in [7, 11) is 0. The molecular weight excluding hydrogens is 366 g/mol. The third-order valence-corrected chi connectivity index (χ3v) is 5.86. The Hall–Kier alpha value is -2.34. The summed E-state index contributed by atoms with van der Waals surface area (Å²) in [5.74, 6) is -0.663. The molecule has 0 bridgehead atoms. The molecule has 1 aliphatic heterocycles. The van der Waals surface area contributed by atoms with E-state index < -0.39 is 5.97 Å². The number of aliphatic carboxylic acids is 1. The van der Waals surface area contributed by atoms with Crippen molar-refractivity contribution < 1.29 is 14.7 Å².